The molecule has 1 rings (SSSR count). The largest absolute Gasteiger partial charge is 0.295 e. The number of rotatable bonds is 2. The Morgan fingerprint density at radius 1 is 1.54 bits per heavy atom. The molecule has 0 fully saturated rings. The molecule has 0 aromatic heterocycles. The van der Waals surface area contributed by atoms with Crippen LogP contribution in [0.1, 0.15) is 26.7 Å². The molecule has 0 saturated heterocycles. The first-order chi connectivity index (χ1) is 6.15. The Morgan fingerprint density at radius 3 is 2.77 bits per heavy atom. The molecule has 1 aliphatic rings. The zero-order valence-corrected chi connectivity index (χ0v) is 8.69. The Kier molecular flexibility index (Phi) is 3.49. The van der Waals surface area contributed by atoms with Crippen molar-refractivity contribution in [1.29, 1.82) is 0 Å². The van der Waals surface area contributed by atoms with E-state index in [1.54, 1.807) is 19.1 Å². The zero-order chi connectivity index (χ0) is 9.84. The van der Waals surface area contributed by atoms with E-state index in [-0.39, 0.29) is 5.78 Å². The summed E-state index contributed by atoms with van der Waals surface area (Å²) < 4.78 is 0. The molecule has 0 amide bonds. The van der Waals surface area contributed by atoms with Crippen LogP contribution in [-0.4, -0.2) is 5.78 Å². The van der Waals surface area contributed by atoms with Gasteiger partial charge in [-0.05, 0) is 31.4 Å². The maximum atomic E-state index is 11.1. The van der Waals surface area contributed by atoms with Crippen LogP contribution < -0.4 is 0 Å². The second kappa shape index (κ2) is 4.43. The first kappa shape index (κ1) is 10.3. The monoisotopic (exact) mass is 196 g/mol. The van der Waals surface area contributed by atoms with Crippen molar-refractivity contribution in [1.82, 2.24) is 0 Å². The molecule has 0 radical (unpaired) electrons. The molecule has 0 N–H and O–H groups in total. The molecule has 0 spiro atoms. The molecule has 70 valence electrons. The van der Waals surface area contributed by atoms with Gasteiger partial charge in [0.2, 0.25) is 0 Å². The van der Waals surface area contributed by atoms with Crippen LogP contribution in [0.2, 0.25) is 0 Å². The maximum absolute atomic E-state index is 11.1. The molecule has 0 aliphatic heterocycles. The predicted octanol–water partition coefficient (Wildman–Crippen LogP) is 3.36. The summed E-state index contributed by atoms with van der Waals surface area (Å²) in [5.74, 6) is 0.0954. The molecule has 0 aromatic carbocycles. The topological polar surface area (TPSA) is 17.1 Å². The highest BCUT2D eigenvalue weighted by atomic mass is 35.5. The van der Waals surface area contributed by atoms with Gasteiger partial charge in [-0.2, -0.15) is 0 Å². The SMILES string of the molecule is CCC1=C(Cl)C=CC(C(C)=O)=CC1. The van der Waals surface area contributed by atoms with Crippen molar-refractivity contribution in [3.05, 3.63) is 34.4 Å². The van der Waals surface area contributed by atoms with Crippen LogP contribution in [0.5, 0.6) is 0 Å². The normalized spacial score (nSPS) is 17.0. The van der Waals surface area contributed by atoms with E-state index in [2.05, 4.69) is 6.92 Å². The fourth-order valence-corrected chi connectivity index (χ4v) is 1.53. The maximum Gasteiger partial charge on any atom is 0.159 e. The van der Waals surface area contributed by atoms with Gasteiger partial charge in [0.05, 0.1) is 0 Å². The van der Waals surface area contributed by atoms with Crippen LogP contribution in [0, 0.1) is 0 Å². The van der Waals surface area contributed by atoms with Crippen molar-refractivity contribution < 1.29 is 4.79 Å². The molecule has 2 heteroatoms. The van der Waals surface area contributed by atoms with E-state index in [1.807, 2.05) is 6.08 Å². The van der Waals surface area contributed by atoms with Crippen molar-refractivity contribution in [3.8, 4) is 0 Å². The number of hydrogen-bond acceptors (Lipinski definition) is 1. The molecule has 0 unspecified atom stereocenters. The minimum absolute atomic E-state index is 0.0954. The number of hydrogen-bond donors (Lipinski definition) is 0. The smallest absolute Gasteiger partial charge is 0.159 e. The average Bonchev–Trinajstić information content (AvgIpc) is 2.27. The lowest BCUT2D eigenvalue weighted by molar-refractivity contribution is -0.113. The van der Waals surface area contributed by atoms with Gasteiger partial charge in [-0.1, -0.05) is 30.7 Å². The number of carbonyl (C=O) groups is 1. The lowest BCUT2D eigenvalue weighted by Gasteiger charge is -1.99. The lowest BCUT2D eigenvalue weighted by Crippen LogP contribution is -1.91. The predicted molar refractivity (Wildman–Crippen MR) is 55.7 cm³/mol. The Morgan fingerprint density at radius 2 is 2.23 bits per heavy atom. The van der Waals surface area contributed by atoms with E-state index in [0.717, 1.165) is 23.4 Å². The van der Waals surface area contributed by atoms with Gasteiger partial charge < -0.3 is 0 Å². The molecule has 1 aliphatic carbocycles. The molecule has 0 atom stereocenters. The van der Waals surface area contributed by atoms with Gasteiger partial charge in [0.15, 0.2) is 5.78 Å². The second-order valence-corrected chi connectivity index (χ2v) is 3.47. The average molecular weight is 197 g/mol. The molecule has 1 nitrogen and oxygen atoms in total. The van der Waals surface area contributed by atoms with Crippen molar-refractivity contribution >= 4 is 17.4 Å². The highest BCUT2D eigenvalue weighted by Gasteiger charge is 2.06. The van der Waals surface area contributed by atoms with Crippen molar-refractivity contribution in [2.45, 2.75) is 26.7 Å². The van der Waals surface area contributed by atoms with Crippen LogP contribution in [-0.2, 0) is 4.79 Å². The van der Waals surface area contributed by atoms with E-state index in [4.69, 9.17) is 11.6 Å². The summed E-state index contributed by atoms with van der Waals surface area (Å²) in [4.78, 5) is 11.1. The third-order valence-corrected chi connectivity index (χ3v) is 2.54. The number of allylic oxidation sites excluding steroid dienone is 6. The Hall–Kier alpha value is -0.820. The summed E-state index contributed by atoms with van der Waals surface area (Å²) in [5.41, 5.74) is 1.94. The fraction of sp³-hybridized carbons (Fsp3) is 0.364. The summed E-state index contributed by atoms with van der Waals surface area (Å²) in [6.07, 6.45) is 7.25. The molecular formula is C11H13ClO. The minimum atomic E-state index is 0.0954. The first-order valence-corrected chi connectivity index (χ1v) is 4.79. The van der Waals surface area contributed by atoms with Crippen molar-refractivity contribution in [2.75, 3.05) is 0 Å². The van der Waals surface area contributed by atoms with Gasteiger partial charge in [0.1, 0.15) is 0 Å². The summed E-state index contributed by atoms with van der Waals surface area (Å²) in [7, 11) is 0. The summed E-state index contributed by atoms with van der Waals surface area (Å²) >= 11 is 6.01. The number of Topliss-reactive ketones (excluding diaryl/α,β-unsaturated/α-hetero) is 1. The Bertz CT molecular complexity index is 308. The third-order valence-electron chi connectivity index (χ3n) is 2.15. The molecule has 0 saturated carbocycles. The van der Waals surface area contributed by atoms with E-state index >= 15 is 0 Å². The lowest BCUT2D eigenvalue weighted by atomic mass is 10.1. The quantitative estimate of drug-likeness (QED) is 0.662. The summed E-state index contributed by atoms with van der Waals surface area (Å²) in [6, 6.07) is 0. The fourth-order valence-electron chi connectivity index (χ4n) is 1.25. The Balaban J connectivity index is 2.91. The third kappa shape index (κ3) is 2.56. The highest BCUT2D eigenvalue weighted by molar-refractivity contribution is 6.31. The molecule has 0 bridgehead atoms. The second-order valence-electron chi connectivity index (χ2n) is 3.06. The van der Waals surface area contributed by atoms with Gasteiger partial charge in [-0.15, -0.1) is 0 Å². The Labute approximate surface area is 83.8 Å². The van der Waals surface area contributed by atoms with E-state index in [1.165, 1.54) is 5.57 Å². The molecule has 0 aromatic rings. The zero-order valence-electron chi connectivity index (χ0n) is 7.93. The van der Waals surface area contributed by atoms with Gasteiger partial charge in [0.25, 0.3) is 0 Å². The van der Waals surface area contributed by atoms with Gasteiger partial charge in [-0.25, -0.2) is 0 Å². The standard InChI is InChI=1S/C11H13ClO/c1-3-9-4-5-10(8(2)13)6-7-11(9)12/h5-7H,3-4H2,1-2H3. The highest BCUT2D eigenvalue weighted by Crippen LogP contribution is 2.23. The molecule has 13 heavy (non-hydrogen) atoms. The van der Waals surface area contributed by atoms with Crippen LogP contribution in [0.4, 0.5) is 0 Å². The number of halogens is 1. The van der Waals surface area contributed by atoms with E-state index < -0.39 is 0 Å². The van der Waals surface area contributed by atoms with Gasteiger partial charge >= 0.3 is 0 Å². The van der Waals surface area contributed by atoms with E-state index in [0.29, 0.717) is 0 Å². The van der Waals surface area contributed by atoms with Crippen molar-refractivity contribution in [3.63, 3.8) is 0 Å². The first-order valence-electron chi connectivity index (χ1n) is 4.41. The van der Waals surface area contributed by atoms with Gasteiger partial charge in [0, 0.05) is 10.6 Å². The number of ketones is 1. The van der Waals surface area contributed by atoms with Crippen LogP contribution in [0.25, 0.3) is 0 Å². The van der Waals surface area contributed by atoms with Crippen LogP contribution >= 0.6 is 11.6 Å². The molecular weight excluding hydrogens is 184 g/mol. The summed E-state index contributed by atoms with van der Waals surface area (Å²) in [6.45, 7) is 3.64. The number of carbonyl (C=O) groups excluding carboxylic acids is 1. The van der Waals surface area contributed by atoms with Crippen molar-refractivity contribution in [2.24, 2.45) is 0 Å². The van der Waals surface area contributed by atoms with Crippen LogP contribution in [0.3, 0.4) is 0 Å². The summed E-state index contributed by atoms with van der Waals surface area (Å²) in [5, 5.41) is 0.773. The van der Waals surface area contributed by atoms with Gasteiger partial charge in [-0.3, -0.25) is 4.79 Å². The van der Waals surface area contributed by atoms with E-state index in [9.17, 15) is 4.79 Å². The minimum Gasteiger partial charge on any atom is -0.295 e. The molecule has 0 heterocycles. The van der Waals surface area contributed by atoms with Crippen LogP contribution in [0.15, 0.2) is 34.4 Å².